The van der Waals surface area contributed by atoms with Crippen molar-refractivity contribution in [3.8, 4) is 0 Å². The van der Waals surface area contributed by atoms with Crippen molar-refractivity contribution in [2.24, 2.45) is 5.92 Å². The normalized spacial score (nSPS) is 24.4. The third-order valence-corrected chi connectivity index (χ3v) is 3.57. The van der Waals surface area contributed by atoms with Crippen LogP contribution in [0.25, 0.3) is 0 Å². The van der Waals surface area contributed by atoms with Crippen LogP contribution in [0.5, 0.6) is 0 Å². The van der Waals surface area contributed by atoms with E-state index in [0.29, 0.717) is 5.92 Å². The Hall–Kier alpha value is -0.820. The maximum atomic E-state index is 10.0. The molecule has 0 aromatic heterocycles. The van der Waals surface area contributed by atoms with Crippen LogP contribution in [0.1, 0.15) is 24.0 Å². The molecule has 0 radical (unpaired) electrons. The van der Waals surface area contributed by atoms with Gasteiger partial charge in [0.25, 0.3) is 0 Å². The number of rotatable bonds is 1. The average Bonchev–Trinajstić information content (AvgIpc) is 2.76. The molecule has 0 heterocycles. The Morgan fingerprint density at radius 1 is 1.08 bits per heavy atom. The summed E-state index contributed by atoms with van der Waals surface area (Å²) in [4.78, 5) is 0. The van der Waals surface area contributed by atoms with Gasteiger partial charge >= 0.3 is 0 Å². The molecule has 1 fully saturated rings. The van der Waals surface area contributed by atoms with Crippen molar-refractivity contribution < 1.29 is 5.11 Å². The standard InChI is InChI=1S/C12H14O/c13-12(5-6-12)11-7-9-3-1-2-4-10(9)8-11/h1-4,11,13H,5-8H2. The van der Waals surface area contributed by atoms with E-state index in [1.807, 2.05) is 0 Å². The number of aliphatic hydroxyl groups is 1. The van der Waals surface area contributed by atoms with E-state index in [0.717, 1.165) is 25.7 Å². The lowest BCUT2D eigenvalue weighted by Gasteiger charge is -2.15. The molecule has 0 spiro atoms. The molecule has 1 aromatic rings. The fraction of sp³-hybridized carbons (Fsp3) is 0.500. The predicted octanol–water partition coefficient (Wildman–Crippen LogP) is 1.93. The zero-order valence-corrected chi connectivity index (χ0v) is 7.66. The van der Waals surface area contributed by atoms with Gasteiger partial charge < -0.3 is 5.11 Å². The molecule has 1 heteroatoms. The highest BCUT2D eigenvalue weighted by atomic mass is 16.3. The highest BCUT2D eigenvalue weighted by Gasteiger charge is 2.49. The van der Waals surface area contributed by atoms with E-state index in [1.54, 1.807) is 0 Å². The maximum absolute atomic E-state index is 10.0. The second-order valence-corrected chi connectivity index (χ2v) is 4.48. The van der Waals surface area contributed by atoms with Gasteiger partial charge in [-0.15, -0.1) is 0 Å². The molecule has 0 saturated heterocycles. The topological polar surface area (TPSA) is 20.2 Å². The van der Waals surface area contributed by atoms with Crippen LogP contribution >= 0.6 is 0 Å². The molecule has 68 valence electrons. The molecule has 2 aliphatic rings. The number of hydrogen-bond donors (Lipinski definition) is 1. The van der Waals surface area contributed by atoms with Crippen molar-refractivity contribution in [1.29, 1.82) is 0 Å². The summed E-state index contributed by atoms with van der Waals surface area (Å²) in [5.41, 5.74) is 2.61. The van der Waals surface area contributed by atoms with Gasteiger partial charge in [-0.2, -0.15) is 0 Å². The number of benzene rings is 1. The summed E-state index contributed by atoms with van der Waals surface area (Å²) in [5.74, 6) is 0.505. The minimum absolute atomic E-state index is 0.293. The van der Waals surface area contributed by atoms with Gasteiger partial charge in [-0.05, 0) is 42.7 Å². The van der Waals surface area contributed by atoms with E-state index >= 15 is 0 Å². The van der Waals surface area contributed by atoms with E-state index in [9.17, 15) is 5.11 Å². The highest BCUT2D eigenvalue weighted by Crippen LogP contribution is 2.47. The Bertz CT molecular complexity index is 314. The van der Waals surface area contributed by atoms with Gasteiger partial charge in [0, 0.05) is 0 Å². The van der Waals surface area contributed by atoms with Gasteiger partial charge in [0.2, 0.25) is 0 Å². The summed E-state index contributed by atoms with van der Waals surface area (Å²) in [6.07, 6.45) is 4.22. The smallest absolute Gasteiger partial charge is 0.0684 e. The summed E-state index contributed by atoms with van der Waals surface area (Å²) < 4.78 is 0. The van der Waals surface area contributed by atoms with Crippen LogP contribution in [-0.2, 0) is 12.8 Å². The van der Waals surface area contributed by atoms with Crippen LogP contribution in [0.15, 0.2) is 24.3 Å². The van der Waals surface area contributed by atoms with E-state index < -0.39 is 0 Å². The van der Waals surface area contributed by atoms with Gasteiger partial charge in [0.15, 0.2) is 0 Å². The fourth-order valence-electron chi connectivity index (χ4n) is 2.48. The lowest BCUT2D eigenvalue weighted by atomic mass is 9.97. The third kappa shape index (κ3) is 1.11. The average molecular weight is 174 g/mol. The molecule has 0 unspecified atom stereocenters. The van der Waals surface area contributed by atoms with Crippen LogP contribution < -0.4 is 0 Å². The Labute approximate surface area is 78.4 Å². The first-order valence-electron chi connectivity index (χ1n) is 5.07. The predicted molar refractivity (Wildman–Crippen MR) is 51.5 cm³/mol. The summed E-state index contributed by atoms with van der Waals surface area (Å²) >= 11 is 0. The second-order valence-electron chi connectivity index (χ2n) is 4.48. The van der Waals surface area contributed by atoms with Gasteiger partial charge in [0.05, 0.1) is 5.60 Å². The van der Waals surface area contributed by atoms with Crippen LogP contribution in [0, 0.1) is 5.92 Å². The lowest BCUT2D eigenvalue weighted by molar-refractivity contribution is 0.0868. The summed E-state index contributed by atoms with van der Waals surface area (Å²) in [6, 6.07) is 8.58. The van der Waals surface area contributed by atoms with Crippen LogP contribution in [0.4, 0.5) is 0 Å². The van der Waals surface area contributed by atoms with Gasteiger partial charge in [-0.25, -0.2) is 0 Å². The molecule has 0 aliphatic heterocycles. The molecule has 1 aromatic carbocycles. The van der Waals surface area contributed by atoms with Gasteiger partial charge in [-0.1, -0.05) is 24.3 Å². The molecule has 1 N–H and O–H groups in total. The first-order valence-corrected chi connectivity index (χ1v) is 5.07. The van der Waals surface area contributed by atoms with Gasteiger partial charge in [0.1, 0.15) is 0 Å². The second kappa shape index (κ2) is 2.36. The van der Waals surface area contributed by atoms with Crippen molar-refractivity contribution in [1.82, 2.24) is 0 Å². The quantitative estimate of drug-likeness (QED) is 0.689. The van der Waals surface area contributed by atoms with Crippen LogP contribution in [-0.4, -0.2) is 10.7 Å². The monoisotopic (exact) mass is 174 g/mol. The zero-order chi connectivity index (χ0) is 8.89. The molecule has 1 nitrogen and oxygen atoms in total. The van der Waals surface area contributed by atoms with E-state index in [4.69, 9.17) is 0 Å². The van der Waals surface area contributed by atoms with E-state index in [2.05, 4.69) is 24.3 Å². The third-order valence-electron chi connectivity index (χ3n) is 3.57. The van der Waals surface area contributed by atoms with E-state index in [1.165, 1.54) is 11.1 Å². The summed E-state index contributed by atoms with van der Waals surface area (Å²) in [6.45, 7) is 0. The lowest BCUT2D eigenvalue weighted by Crippen LogP contribution is -2.22. The van der Waals surface area contributed by atoms with Crippen LogP contribution in [0.3, 0.4) is 0 Å². The Morgan fingerprint density at radius 2 is 1.62 bits per heavy atom. The van der Waals surface area contributed by atoms with Crippen molar-refractivity contribution in [2.45, 2.75) is 31.3 Å². The van der Waals surface area contributed by atoms with Crippen molar-refractivity contribution >= 4 is 0 Å². The van der Waals surface area contributed by atoms with Crippen molar-refractivity contribution in [2.75, 3.05) is 0 Å². The Morgan fingerprint density at radius 3 is 2.08 bits per heavy atom. The maximum Gasteiger partial charge on any atom is 0.0684 e. The van der Waals surface area contributed by atoms with Crippen molar-refractivity contribution in [3.05, 3.63) is 35.4 Å². The molecule has 1 saturated carbocycles. The minimum atomic E-state index is -0.293. The largest absolute Gasteiger partial charge is 0.390 e. The molecule has 3 rings (SSSR count). The SMILES string of the molecule is OC1(C2Cc3ccccc3C2)CC1. The molecule has 0 bridgehead atoms. The first kappa shape index (κ1) is 7.57. The van der Waals surface area contributed by atoms with Crippen LogP contribution in [0.2, 0.25) is 0 Å². The molecule has 0 atom stereocenters. The Kier molecular flexibility index (Phi) is 1.37. The fourth-order valence-corrected chi connectivity index (χ4v) is 2.48. The van der Waals surface area contributed by atoms with Gasteiger partial charge in [-0.3, -0.25) is 0 Å². The summed E-state index contributed by atoms with van der Waals surface area (Å²) in [5, 5.41) is 10.0. The molecule has 2 aliphatic carbocycles. The number of fused-ring (bicyclic) bond motifs is 1. The van der Waals surface area contributed by atoms with E-state index in [-0.39, 0.29) is 5.60 Å². The molecular weight excluding hydrogens is 160 g/mol. The Balaban J connectivity index is 1.89. The zero-order valence-electron chi connectivity index (χ0n) is 7.66. The molecule has 13 heavy (non-hydrogen) atoms. The highest BCUT2D eigenvalue weighted by molar-refractivity contribution is 5.34. The molecular formula is C12H14O. The summed E-state index contributed by atoms with van der Waals surface area (Å²) in [7, 11) is 0. The first-order chi connectivity index (χ1) is 6.28. The number of hydrogen-bond acceptors (Lipinski definition) is 1. The molecule has 0 amide bonds. The van der Waals surface area contributed by atoms with Crippen molar-refractivity contribution in [3.63, 3.8) is 0 Å². The minimum Gasteiger partial charge on any atom is -0.390 e.